The molecule has 0 aliphatic rings. The maximum atomic E-state index is 11.0. The third-order valence-corrected chi connectivity index (χ3v) is 1.19. The Morgan fingerprint density at radius 1 is 1.43 bits per heavy atom. The van der Waals surface area contributed by atoms with Crippen molar-refractivity contribution in [1.82, 2.24) is 0 Å². The van der Waals surface area contributed by atoms with Crippen LogP contribution in [0.3, 0.4) is 0 Å². The van der Waals surface area contributed by atoms with Gasteiger partial charge < -0.3 is 9.84 Å². The number of ether oxygens (including phenoxy) is 1. The largest absolute Gasteiger partial charge is 0.481 e. The van der Waals surface area contributed by atoms with E-state index in [0.717, 1.165) is 6.21 Å². The van der Waals surface area contributed by atoms with Gasteiger partial charge in [0.05, 0.1) is 5.92 Å². The van der Waals surface area contributed by atoms with Gasteiger partial charge in [-0.25, -0.2) is 4.79 Å². The summed E-state index contributed by atoms with van der Waals surface area (Å²) < 4.78 is 4.84. The first kappa shape index (κ1) is 12.6. The molecule has 0 aromatic rings. The smallest absolute Gasteiger partial charge is 0.433 e. The molecular formula is C9H15NO4. The highest BCUT2D eigenvalue weighted by molar-refractivity contribution is 5.92. The van der Waals surface area contributed by atoms with Gasteiger partial charge in [0.25, 0.3) is 0 Å². The Labute approximate surface area is 82.8 Å². The van der Waals surface area contributed by atoms with E-state index in [1.54, 1.807) is 20.8 Å². The number of carbonyl (C=O) groups is 2. The second-order valence-electron chi connectivity index (χ2n) is 3.89. The summed E-state index contributed by atoms with van der Waals surface area (Å²) >= 11 is 0. The molecule has 0 spiro atoms. The monoisotopic (exact) mass is 201 g/mol. The molecule has 0 aromatic carbocycles. The van der Waals surface area contributed by atoms with Crippen LogP contribution in [0.5, 0.6) is 0 Å². The predicted molar refractivity (Wildman–Crippen MR) is 51.5 cm³/mol. The highest BCUT2D eigenvalue weighted by Gasteiger charge is 2.15. The fraction of sp³-hybridized carbons (Fsp3) is 0.667. The lowest BCUT2D eigenvalue weighted by molar-refractivity contribution is -0.138. The lowest BCUT2D eigenvalue weighted by atomic mass is 10.2. The molecule has 1 amide bonds. The van der Waals surface area contributed by atoms with Crippen LogP contribution in [0.1, 0.15) is 27.7 Å². The number of hydrogen-bond donors (Lipinski definition) is 1. The highest BCUT2D eigenvalue weighted by atomic mass is 16.6. The van der Waals surface area contributed by atoms with Gasteiger partial charge in [-0.2, -0.15) is 4.99 Å². The van der Waals surface area contributed by atoms with E-state index in [1.807, 2.05) is 0 Å². The summed E-state index contributed by atoms with van der Waals surface area (Å²) in [4.78, 5) is 24.7. The molecule has 0 saturated carbocycles. The van der Waals surface area contributed by atoms with Crippen molar-refractivity contribution in [1.29, 1.82) is 0 Å². The van der Waals surface area contributed by atoms with Gasteiger partial charge in [0.2, 0.25) is 0 Å². The quantitative estimate of drug-likeness (QED) is 0.690. The number of carbonyl (C=O) groups excluding carboxylic acids is 1. The van der Waals surface area contributed by atoms with Crippen molar-refractivity contribution in [2.24, 2.45) is 10.9 Å². The first-order valence-corrected chi connectivity index (χ1v) is 4.22. The van der Waals surface area contributed by atoms with Crippen LogP contribution in [0.25, 0.3) is 0 Å². The van der Waals surface area contributed by atoms with E-state index in [4.69, 9.17) is 9.84 Å². The van der Waals surface area contributed by atoms with Crippen LogP contribution < -0.4 is 0 Å². The van der Waals surface area contributed by atoms with Gasteiger partial charge in [0, 0.05) is 6.21 Å². The average molecular weight is 201 g/mol. The minimum atomic E-state index is -1.03. The molecule has 5 heteroatoms. The summed E-state index contributed by atoms with van der Waals surface area (Å²) in [5.41, 5.74) is -0.610. The zero-order valence-electron chi connectivity index (χ0n) is 8.77. The lowest BCUT2D eigenvalue weighted by Gasteiger charge is -2.17. The predicted octanol–water partition coefficient (Wildman–Crippen LogP) is 1.71. The van der Waals surface area contributed by atoms with Crippen LogP contribution in [0.4, 0.5) is 4.79 Å². The molecule has 1 N–H and O–H groups in total. The zero-order valence-corrected chi connectivity index (χ0v) is 8.77. The number of hydrogen-bond acceptors (Lipinski definition) is 3. The van der Waals surface area contributed by atoms with Crippen LogP contribution >= 0.6 is 0 Å². The number of nitrogens with zero attached hydrogens (tertiary/aromatic N) is 1. The summed E-state index contributed by atoms with van der Waals surface area (Å²) in [6.07, 6.45) is 0.279. The molecule has 0 aliphatic carbocycles. The van der Waals surface area contributed by atoms with Gasteiger partial charge >= 0.3 is 12.1 Å². The maximum absolute atomic E-state index is 11.0. The van der Waals surface area contributed by atoms with E-state index in [-0.39, 0.29) is 0 Å². The van der Waals surface area contributed by atoms with E-state index in [2.05, 4.69) is 4.99 Å². The van der Waals surface area contributed by atoms with E-state index >= 15 is 0 Å². The second-order valence-corrected chi connectivity index (χ2v) is 3.89. The van der Waals surface area contributed by atoms with Crippen LogP contribution in [-0.4, -0.2) is 29.0 Å². The maximum Gasteiger partial charge on any atom is 0.433 e. The van der Waals surface area contributed by atoms with E-state index in [9.17, 15) is 9.59 Å². The lowest BCUT2D eigenvalue weighted by Crippen LogP contribution is -2.22. The summed E-state index contributed by atoms with van der Waals surface area (Å²) in [6, 6.07) is 0. The molecule has 5 nitrogen and oxygen atoms in total. The fourth-order valence-electron chi connectivity index (χ4n) is 0.525. The minimum absolute atomic E-state index is 0.610. The van der Waals surface area contributed by atoms with Crippen LogP contribution in [0, 0.1) is 5.92 Å². The van der Waals surface area contributed by atoms with Crippen molar-refractivity contribution >= 4 is 18.3 Å². The Morgan fingerprint density at radius 2 is 1.93 bits per heavy atom. The average Bonchev–Trinajstić information content (AvgIpc) is 1.96. The van der Waals surface area contributed by atoms with Crippen molar-refractivity contribution in [3.63, 3.8) is 0 Å². The minimum Gasteiger partial charge on any atom is -0.481 e. The molecule has 0 heterocycles. The van der Waals surface area contributed by atoms with Crippen molar-refractivity contribution < 1.29 is 19.4 Å². The van der Waals surface area contributed by atoms with Crippen molar-refractivity contribution in [3.05, 3.63) is 0 Å². The Hall–Kier alpha value is -1.39. The standard InChI is InChI=1S/C9H15NO4/c1-6(7(11)12)5-10-8(13)14-9(2,3)4/h5-6H,1-4H3,(H,11,12). The molecule has 0 bridgehead atoms. The molecule has 0 aliphatic heterocycles. The van der Waals surface area contributed by atoms with Crippen LogP contribution in [-0.2, 0) is 9.53 Å². The molecule has 0 radical (unpaired) electrons. The van der Waals surface area contributed by atoms with E-state index < -0.39 is 23.6 Å². The van der Waals surface area contributed by atoms with Crippen LogP contribution in [0.15, 0.2) is 4.99 Å². The van der Waals surface area contributed by atoms with Crippen LogP contribution in [0.2, 0.25) is 0 Å². The Bertz CT molecular complexity index is 252. The van der Waals surface area contributed by atoms with E-state index in [1.165, 1.54) is 6.92 Å². The molecule has 0 aromatic heterocycles. The fourth-order valence-corrected chi connectivity index (χ4v) is 0.525. The van der Waals surface area contributed by atoms with Gasteiger partial charge in [-0.05, 0) is 27.7 Å². The molecular weight excluding hydrogens is 186 g/mol. The topological polar surface area (TPSA) is 76.0 Å². The third-order valence-electron chi connectivity index (χ3n) is 1.19. The van der Waals surface area contributed by atoms with Gasteiger partial charge in [0.15, 0.2) is 0 Å². The van der Waals surface area contributed by atoms with Gasteiger partial charge in [-0.1, -0.05) is 0 Å². The molecule has 0 fully saturated rings. The zero-order chi connectivity index (χ0) is 11.4. The number of carboxylic acids is 1. The number of aliphatic imine (C=N–C) groups is 1. The Morgan fingerprint density at radius 3 is 2.29 bits per heavy atom. The Kier molecular flexibility index (Phi) is 4.27. The normalized spacial score (nSPS) is 14.0. The Balaban J connectivity index is 4.13. The summed E-state index contributed by atoms with van der Waals surface area (Å²) in [7, 11) is 0. The van der Waals surface area contributed by atoms with Gasteiger partial charge in [-0.15, -0.1) is 0 Å². The summed E-state index contributed by atoms with van der Waals surface area (Å²) in [5.74, 6) is -1.82. The number of carboxylic acid groups (broad SMARTS) is 1. The molecule has 80 valence electrons. The number of aliphatic carboxylic acids is 1. The van der Waals surface area contributed by atoms with Crippen molar-refractivity contribution in [2.75, 3.05) is 0 Å². The van der Waals surface area contributed by atoms with Crippen molar-refractivity contribution in [2.45, 2.75) is 33.3 Å². The summed E-state index contributed by atoms with van der Waals surface area (Å²) in [6.45, 7) is 6.55. The molecule has 0 rings (SSSR count). The second kappa shape index (κ2) is 4.74. The molecule has 14 heavy (non-hydrogen) atoms. The van der Waals surface area contributed by atoms with Gasteiger partial charge in [0.1, 0.15) is 5.60 Å². The molecule has 0 saturated heterocycles. The first-order chi connectivity index (χ1) is 6.22. The third kappa shape index (κ3) is 6.16. The molecule has 1 unspecified atom stereocenters. The van der Waals surface area contributed by atoms with Crippen molar-refractivity contribution in [3.8, 4) is 0 Å². The van der Waals surface area contributed by atoms with E-state index in [0.29, 0.717) is 0 Å². The highest BCUT2D eigenvalue weighted by Crippen LogP contribution is 2.07. The summed E-state index contributed by atoms with van der Waals surface area (Å²) in [5, 5.41) is 8.48. The number of amides is 1. The first-order valence-electron chi connectivity index (χ1n) is 4.22. The SMILES string of the molecule is CC(C=NC(=O)OC(C)(C)C)C(=O)O. The molecule has 1 atom stereocenters. The number of rotatable bonds is 2. The van der Waals surface area contributed by atoms with Gasteiger partial charge in [-0.3, -0.25) is 4.79 Å².